The highest BCUT2D eigenvalue weighted by atomic mass is 16.5. The lowest BCUT2D eigenvalue weighted by Crippen LogP contribution is -2.54. The molecule has 1 aliphatic heterocycles. The molecule has 0 spiro atoms. The largest absolute Gasteiger partial charge is 0.368 e. The third-order valence-electron chi connectivity index (χ3n) is 5.08. The van der Waals surface area contributed by atoms with Crippen LogP contribution in [-0.2, 0) is 9.53 Å². The summed E-state index contributed by atoms with van der Waals surface area (Å²) in [5, 5.41) is 6.40. The predicted octanol–water partition coefficient (Wildman–Crippen LogP) is 3.30. The van der Waals surface area contributed by atoms with Crippen molar-refractivity contribution in [2.45, 2.75) is 31.4 Å². The summed E-state index contributed by atoms with van der Waals surface area (Å²) in [5.41, 5.74) is 2.75. The molecule has 2 N–H and O–H groups in total. The fourth-order valence-corrected chi connectivity index (χ4v) is 3.36. The molecule has 2 aromatic rings. The van der Waals surface area contributed by atoms with E-state index in [-0.39, 0.29) is 11.9 Å². The fraction of sp³-hybridized carbons (Fsp3) is 0.381. The van der Waals surface area contributed by atoms with E-state index in [4.69, 9.17) is 4.74 Å². The molecule has 1 unspecified atom stereocenters. The summed E-state index contributed by atoms with van der Waals surface area (Å²) in [4.78, 5) is 12.8. The van der Waals surface area contributed by atoms with Gasteiger partial charge in [0.05, 0.1) is 6.04 Å². The molecule has 0 saturated carbocycles. The Bertz CT molecular complexity index is 692. The molecule has 1 atom stereocenters. The predicted molar refractivity (Wildman–Crippen MR) is 100 cm³/mol. The van der Waals surface area contributed by atoms with Gasteiger partial charge in [0.15, 0.2) is 0 Å². The van der Waals surface area contributed by atoms with Gasteiger partial charge in [0.2, 0.25) is 0 Å². The van der Waals surface area contributed by atoms with Crippen molar-refractivity contribution in [3.8, 4) is 11.1 Å². The van der Waals surface area contributed by atoms with E-state index in [1.165, 1.54) is 11.1 Å². The van der Waals surface area contributed by atoms with Crippen LogP contribution in [-0.4, -0.2) is 31.7 Å². The number of ether oxygens (including phenoxy) is 1. The first-order chi connectivity index (χ1) is 12.1. The van der Waals surface area contributed by atoms with E-state index in [1.54, 1.807) is 7.11 Å². The molecule has 3 rings (SSSR count). The van der Waals surface area contributed by atoms with E-state index in [0.717, 1.165) is 18.7 Å². The molecule has 4 nitrogen and oxygen atoms in total. The van der Waals surface area contributed by atoms with Gasteiger partial charge in [0, 0.05) is 7.11 Å². The van der Waals surface area contributed by atoms with Crippen molar-refractivity contribution in [2.75, 3.05) is 20.2 Å². The molecule has 1 fully saturated rings. The molecule has 1 amide bonds. The second kappa shape index (κ2) is 7.81. The number of benzene rings is 2. The van der Waals surface area contributed by atoms with E-state index >= 15 is 0 Å². The van der Waals surface area contributed by atoms with Crippen LogP contribution < -0.4 is 10.6 Å². The van der Waals surface area contributed by atoms with Crippen LogP contribution in [0, 0.1) is 0 Å². The molecule has 0 aromatic heterocycles. The number of piperidine rings is 1. The minimum Gasteiger partial charge on any atom is -0.368 e. The molecule has 25 heavy (non-hydrogen) atoms. The van der Waals surface area contributed by atoms with Crippen molar-refractivity contribution in [1.29, 1.82) is 0 Å². The zero-order valence-corrected chi connectivity index (χ0v) is 14.9. The lowest BCUT2D eigenvalue weighted by atomic mass is 9.90. The molecular weight excluding hydrogens is 312 g/mol. The Balaban J connectivity index is 1.68. The third-order valence-corrected chi connectivity index (χ3v) is 5.08. The van der Waals surface area contributed by atoms with E-state index in [1.807, 2.05) is 25.1 Å². The summed E-state index contributed by atoms with van der Waals surface area (Å²) in [6.45, 7) is 3.63. The van der Waals surface area contributed by atoms with E-state index < -0.39 is 5.60 Å². The van der Waals surface area contributed by atoms with Crippen molar-refractivity contribution in [3.05, 3.63) is 60.2 Å². The Hall–Kier alpha value is -2.17. The first kappa shape index (κ1) is 17.6. The van der Waals surface area contributed by atoms with E-state index in [9.17, 15) is 4.79 Å². The smallest absolute Gasteiger partial charge is 0.252 e. The normalized spacial score (nSPS) is 17.7. The van der Waals surface area contributed by atoms with Crippen molar-refractivity contribution in [2.24, 2.45) is 0 Å². The summed E-state index contributed by atoms with van der Waals surface area (Å²) in [6.07, 6.45) is 1.41. The Morgan fingerprint density at radius 2 is 1.64 bits per heavy atom. The van der Waals surface area contributed by atoms with E-state index in [0.29, 0.717) is 12.8 Å². The first-order valence-corrected chi connectivity index (χ1v) is 8.87. The van der Waals surface area contributed by atoms with Crippen molar-refractivity contribution in [1.82, 2.24) is 10.6 Å². The topological polar surface area (TPSA) is 50.4 Å². The average Bonchev–Trinajstić information content (AvgIpc) is 2.69. The van der Waals surface area contributed by atoms with Gasteiger partial charge in [-0.3, -0.25) is 4.79 Å². The number of nitrogens with one attached hydrogen (secondary N) is 2. The van der Waals surface area contributed by atoms with Crippen LogP contribution in [0.15, 0.2) is 54.6 Å². The molecule has 1 heterocycles. The zero-order valence-electron chi connectivity index (χ0n) is 14.9. The molecule has 0 aliphatic carbocycles. The quantitative estimate of drug-likeness (QED) is 0.879. The highest BCUT2D eigenvalue weighted by Crippen LogP contribution is 2.25. The minimum atomic E-state index is -0.705. The van der Waals surface area contributed by atoms with Crippen LogP contribution in [0.2, 0.25) is 0 Å². The Morgan fingerprint density at radius 3 is 2.24 bits per heavy atom. The Labute approximate surface area is 149 Å². The molecule has 0 bridgehead atoms. The van der Waals surface area contributed by atoms with Crippen LogP contribution in [0.25, 0.3) is 11.1 Å². The molecule has 4 heteroatoms. The third kappa shape index (κ3) is 3.91. The number of rotatable bonds is 5. The fourth-order valence-electron chi connectivity index (χ4n) is 3.36. The van der Waals surface area contributed by atoms with Crippen molar-refractivity contribution >= 4 is 5.91 Å². The summed E-state index contributed by atoms with van der Waals surface area (Å²) in [6, 6.07) is 18.6. The number of hydrogen-bond donors (Lipinski definition) is 2. The SMILES string of the molecule is COC1(C(=O)NC(C)c2ccc(-c3ccccc3)cc2)CCNCC1. The van der Waals surface area contributed by atoms with Crippen LogP contribution in [0.5, 0.6) is 0 Å². The second-order valence-electron chi connectivity index (χ2n) is 6.63. The van der Waals surface area contributed by atoms with Gasteiger partial charge >= 0.3 is 0 Å². The van der Waals surface area contributed by atoms with Crippen molar-refractivity contribution in [3.63, 3.8) is 0 Å². The van der Waals surface area contributed by atoms with Gasteiger partial charge in [-0.25, -0.2) is 0 Å². The van der Waals surface area contributed by atoms with Gasteiger partial charge < -0.3 is 15.4 Å². The van der Waals surface area contributed by atoms with Gasteiger partial charge in [-0.1, -0.05) is 54.6 Å². The van der Waals surface area contributed by atoms with Gasteiger partial charge in [-0.05, 0) is 49.5 Å². The maximum Gasteiger partial charge on any atom is 0.252 e. The van der Waals surface area contributed by atoms with Gasteiger partial charge in [0.25, 0.3) is 5.91 Å². The lowest BCUT2D eigenvalue weighted by molar-refractivity contribution is -0.147. The van der Waals surface area contributed by atoms with Gasteiger partial charge in [-0.2, -0.15) is 0 Å². The summed E-state index contributed by atoms with van der Waals surface area (Å²) < 4.78 is 5.60. The first-order valence-electron chi connectivity index (χ1n) is 8.87. The molecule has 132 valence electrons. The van der Waals surface area contributed by atoms with Crippen molar-refractivity contribution < 1.29 is 9.53 Å². The highest BCUT2D eigenvalue weighted by Gasteiger charge is 2.40. The van der Waals surface area contributed by atoms with E-state index in [2.05, 4.69) is 47.0 Å². The van der Waals surface area contributed by atoms with Crippen LogP contribution in [0.4, 0.5) is 0 Å². The standard InChI is InChI=1S/C21H26N2O2/c1-16(23-20(24)21(25-2)12-14-22-15-13-21)17-8-10-19(11-9-17)18-6-4-3-5-7-18/h3-11,16,22H,12-15H2,1-2H3,(H,23,24). The monoisotopic (exact) mass is 338 g/mol. The number of methoxy groups -OCH3 is 1. The van der Waals surface area contributed by atoms with Gasteiger partial charge in [-0.15, -0.1) is 0 Å². The number of carbonyl (C=O) groups is 1. The zero-order chi connectivity index (χ0) is 17.7. The summed E-state index contributed by atoms with van der Waals surface area (Å²) in [5.74, 6) is -0.0175. The highest BCUT2D eigenvalue weighted by molar-refractivity contribution is 5.85. The maximum atomic E-state index is 12.8. The molecule has 0 radical (unpaired) electrons. The Kier molecular flexibility index (Phi) is 5.51. The molecule has 1 saturated heterocycles. The summed E-state index contributed by atoms with van der Waals surface area (Å²) in [7, 11) is 1.63. The average molecular weight is 338 g/mol. The van der Waals surface area contributed by atoms with Crippen LogP contribution >= 0.6 is 0 Å². The minimum absolute atomic E-state index is 0.0175. The molecule has 1 aliphatic rings. The lowest BCUT2D eigenvalue weighted by Gasteiger charge is -2.35. The second-order valence-corrected chi connectivity index (χ2v) is 6.63. The van der Waals surface area contributed by atoms with Crippen LogP contribution in [0.3, 0.4) is 0 Å². The Morgan fingerprint density at radius 1 is 1.04 bits per heavy atom. The molecular formula is C21H26N2O2. The number of carbonyl (C=O) groups excluding carboxylic acids is 1. The summed E-state index contributed by atoms with van der Waals surface area (Å²) >= 11 is 0. The number of amides is 1. The van der Waals surface area contributed by atoms with Crippen LogP contribution in [0.1, 0.15) is 31.4 Å². The molecule has 2 aromatic carbocycles. The number of hydrogen-bond acceptors (Lipinski definition) is 3. The maximum absolute atomic E-state index is 12.8. The van der Waals surface area contributed by atoms with Gasteiger partial charge in [0.1, 0.15) is 5.60 Å².